The molecule has 9 nitrogen and oxygen atoms in total. The number of non-ortho nitro benzene ring substituents is 1. The number of allylic oxidation sites excluding steroid dienone is 2. The van der Waals surface area contributed by atoms with E-state index in [1.165, 1.54) is 25.3 Å². The smallest absolute Gasteiger partial charge is 0.337 e. The standard InChI is InChI=1S/C28H30FN3O6/c1-18-23(26(33)37-3)25(21-10-7-11-22(14-21)32(35)36)24(19(2)30-18)27(34)38-28(16-29)12-13-31(17-28)15-20-8-5-4-6-9-20/h4-11,14,25,30H,12-13,15-17H2,1-3H3/t25?,28-/m0/s1. The third-order valence-electron chi connectivity index (χ3n) is 7.00. The van der Waals surface area contributed by atoms with Gasteiger partial charge in [0.2, 0.25) is 0 Å². The number of ether oxygens (including phenoxy) is 2. The summed E-state index contributed by atoms with van der Waals surface area (Å²) in [5, 5.41) is 14.5. The van der Waals surface area contributed by atoms with E-state index >= 15 is 0 Å². The Morgan fingerprint density at radius 2 is 1.79 bits per heavy atom. The van der Waals surface area contributed by atoms with Crippen LogP contribution < -0.4 is 5.32 Å². The Kier molecular flexibility index (Phi) is 7.91. The van der Waals surface area contributed by atoms with Gasteiger partial charge in [0.25, 0.3) is 5.69 Å². The second-order valence-electron chi connectivity index (χ2n) is 9.63. The van der Waals surface area contributed by atoms with Crippen molar-refractivity contribution < 1.29 is 28.4 Å². The van der Waals surface area contributed by atoms with Crippen molar-refractivity contribution >= 4 is 17.6 Å². The number of carbonyl (C=O) groups is 2. The number of halogens is 1. The molecule has 1 N–H and O–H groups in total. The summed E-state index contributed by atoms with van der Waals surface area (Å²) < 4.78 is 25.4. The van der Waals surface area contributed by atoms with Gasteiger partial charge in [-0.3, -0.25) is 15.0 Å². The molecule has 4 rings (SSSR count). The molecule has 1 unspecified atom stereocenters. The Bertz CT molecular complexity index is 1310. The molecule has 2 aliphatic rings. The van der Waals surface area contributed by atoms with Crippen LogP contribution in [0.5, 0.6) is 0 Å². The molecule has 0 bridgehead atoms. The maximum Gasteiger partial charge on any atom is 0.337 e. The lowest BCUT2D eigenvalue weighted by atomic mass is 9.80. The van der Waals surface area contributed by atoms with Gasteiger partial charge in [-0.25, -0.2) is 14.0 Å². The molecule has 1 saturated heterocycles. The van der Waals surface area contributed by atoms with Gasteiger partial charge in [0.05, 0.1) is 29.1 Å². The van der Waals surface area contributed by atoms with Crippen LogP contribution in [0.15, 0.2) is 77.1 Å². The van der Waals surface area contributed by atoms with Crippen LogP contribution in [0.25, 0.3) is 0 Å². The average molecular weight is 524 g/mol. The molecule has 1 fully saturated rings. The van der Waals surface area contributed by atoms with Gasteiger partial charge in [-0.05, 0) is 25.0 Å². The van der Waals surface area contributed by atoms with Crippen molar-refractivity contribution in [1.82, 2.24) is 10.2 Å². The number of likely N-dealkylation sites (tertiary alicyclic amines) is 1. The van der Waals surface area contributed by atoms with Crippen LogP contribution in [0.3, 0.4) is 0 Å². The molecule has 2 heterocycles. The molecule has 38 heavy (non-hydrogen) atoms. The minimum absolute atomic E-state index is 0.0748. The Labute approximate surface area is 220 Å². The van der Waals surface area contributed by atoms with Crippen molar-refractivity contribution in [2.24, 2.45) is 0 Å². The van der Waals surface area contributed by atoms with Crippen molar-refractivity contribution in [3.05, 3.63) is 98.4 Å². The number of dihydropyridines is 1. The number of hydrogen-bond donors (Lipinski definition) is 1. The minimum atomic E-state index is -1.35. The highest BCUT2D eigenvalue weighted by molar-refractivity contribution is 6.00. The number of carbonyl (C=O) groups excluding carboxylic acids is 2. The van der Waals surface area contributed by atoms with E-state index in [1.807, 2.05) is 35.2 Å². The van der Waals surface area contributed by atoms with Crippen LogP contribution in [0.4, 0.5) is 10.1 Å². The number of nitrogens with one attached hydrogen (secondary N) is 1. The first-order valence-corrected chi connectivity index (χ1v) is 12.2. The van der Waals surface area contributed by atoms with Gasteiger partial charge in [0.1, 0.15) is 6.67 Å². The fourth-order valence-corrected chi connectivity index (χ4v) is 5.17. The maximum absolute atomic E-state index is 14.5. The zero-order chi connectivity index (χ0) is 27.4. The summed E-state index contributed by atoms with van der Waals surface area (Å²) in [5.41, 5.74) is 0.912. The van der Waals surface area contributed by atoms with Crippen molar-refractivity contribution in [1.29, 1.82) is 0 Å². The number of nitrogens with zero attached hydrogens (tertiary/aromatic N) is 2. The number of nitro groups is 1. The first-order valence-electron chi connectivity index (χ1n) is 12.2. The van der Waals surface area contributed by atoms with E-state index in [1.54, 1.807) is 19.9 Å². The highest BCUT2D eigenvalue weighted by Crippen LogP contribution is 2.41. The fraction of sp³-hybridized carbons (Fsp3) is 0.357. The molecular formula is C28H30FN3O6. The molecule has 2 aromatic rings. The topological polar surface area (TPSA) is 111 Å². The van der Waals surface area contributed by atoms with Crippen molar-refractivity contribution in [3.8, 4) is 0 Å². The SMILES string of the molecule is COC(=O)C1=C(C)NC(C)=C(C(=O)O[C@]2(CF)CCN(Cc3ccccc3)C2)C1c1cccc([N+](=O)[O-])c1. The Hall–Kier alpha value is -4.05. The van der Waals surface area contributed by atoms with Crippen molar-refractivity contribution in [2.75, 3.05) is 26.9 Å². The van der Waals surface area contributed by atoms with Crippen LogP contribution in [0, 0.1) is 10.1 Å². The largest absolute Gasteiger partial charge is 0.466 e. The van der Waals surface area contributed by atoms with Crippen LogP contribution in [0.2, 0.25) is 0 Å². The van der Waals surface area contributed by atoms with E-state index < -0.39 is 35.1 Å². The number of esters is 2. The van der Waals surface area contributed by atoms with Crippen LogP contribution in [-0.4, -0.2) is 54.2 Å². The number of alkyl halides is 1. The second kappa shape index (κ2) is 11.1. The van der Waals surface area contributed by atoms with E-state index in [9.17, 15) is 24.1 Å². The van der Waals surface area contributed by atoms with Gasteiger partial charge in [0.15, 0.2) is 5.60 Å². The molecule has 2 atom stereocenters. The van der Waals surface area contributed by atoms with Gasteiger partial charge in [-0.15, -0.1) is 0 Å². The molecule has 0 amide bonds. The van der Waals surface area contributed by atoms with Gasteiger partial charge in [-0.2, -0.15) is 0 Å². The average Bonchev–Trinajstić information content (AvgIpc) is 3.30. The van der Waals surface area contributed by atoms with Crippen LogP contribution in [0.1, 0.15) is 37.3 Å². The number of benzene rings is 2. The molecule has 10 heteroatoms. The van der Waals surface area contributed by atoms with Gasteiger partial charge < -0.3 is 14.8 Å². The van der Waals surface area contributed by atoms with Crippen LogP contribution in [-0.2, 0) is 25.6 Å². The van der Waals surface area contributed by atoms with E-state index in [0.29, 0.717) is 36.5 Å². The Morgan fingerprint density at radius 3 is 2.42 bits per heavy atom. The summed E-state index contributed by atoms with van der Waals surface area (Å²) in [4.78, 5) is 39.5. The maximum atomic E-state index is 14.5. The summed E-state index contributed by atoms with van der Waals surface area (Å²) in [7, 11) is 1.22. The lowest BCUT2D eigenvalue weighted by Crippen LogP contribution is -2.42. The van der Waals surface area contributed by atoms with Gasteiger partial charge >= 0.3 is 11.9 Å². The number of rotatable bonds is 8. The summed E-state index contributed by atoms with van der Waals surface area (Å²) in [6.07, 6.45) is 0.308. The highest BCUT2D eigenvalue weighted by Gasteiger charge is 2.45. The summed E-state index contributed by atoms with van der Waals surface area (Å²) in [5.74, 6) is -2.49. The summed E-state index contributed by atoms with van der Waals surface area (Å²) >= 11 is 0. The van der Waals surface area contributed by atoms with Crippen molar-refractivity contribution in [2.45, 2.75) is 38.3 Å². The number of methoxy groups -OCH3 is 1. The van der Waals surface area contributed by atoms with Crippen LogP contribution >= 0.6 is 0 Å². The predicted octanol–water partition coefficient (Wildman–Crippen LogP) is 4.16. The summed E-state index contributed by atoms with van der Waals surface area (Å²) in [6, 6.07) is 15.5. The minimum Gasteiger partial charge on any atom is -0.466 e. The first kappa shape index (κ1) is 27.0. The molecule has 0 spiro atoms. The quantitative estimate of drug-likeness (QED) is 0.312. The highest BCUT2D eigenvalue weighted by atomic mass is 19.1. The third kappa shape index (κ3) is 5.45. The molecule has 200 valence electrons. The normalized spacial score (nSPS) is 21.7. The molecule has 2 aromatic carbocycles. The molecule has 2 aliphatic heterocycles. The summed E-state index contributed by atoms with van der Waals surface area (Å²) in [6.45, 7) is 3.78. The van der Waals surface area contributed by atoms with E-state index in [4.69, 9.17) is 9.47 Å². The van der Waals surface area contributed by atoms with Crippen molar-refractivity contribution in [3.63, 3.8) is 0 Å². The lowest BCUT2D eigenvalue weighted by molar-refractivity contribution is -0.384. The van der Waals surface area contributed by atoms with E-state index in [0.717, 1.165) is 5.56 Å². The van der Waals surface area contributed by atoms with Gasteiger partial charge in [-0.1, -0.05) is 42.5 Å². The molecule has 0 aliphatic carbocycles. The van der Waals surface area contributed by atoms with Gasteiger partial charge in [0, 0.05) is 49.6 Å². The number of hydrogen-bond acceptors (Lipinski definition) is 8. The second-order valence-corrected chi connectivity index (χ2v) is 9.63. The monoisotopic (exact) mass is 523 g/mol. The molecule has 0 radical (unpaired) electrons. The Balaban J connectivity index is 1.67. The zero-order valence-corrected chi connectivity index (χ0v) is 21.5. The predicted molar refractivity (Wildman–Crippen MR) is 138 cm³/mol. The zero-order valence-electron chi connectivity index (χ0n) is 21.5. The van der Waals surface area contributed by atoms with E-state index in [2.05, 4.69) is 5.32 Å². The third-order valence-corrected chi connectivity index (χ3v) is 7.00. The Morgan fingerprint density at radius 1 is 1.11 bits per heavy atom. The lowest BCUT2D eigenvalue weighted by Gasteiger charge is -2.33. The molecule has 0 saturated carbocycles. The molecular weight excluding hydrogens is 493 g/mol. The molecule has 0 aromatic heterocycles. The fourth-order valence-electron chi connectivity index (χ4n) is 5.17. The first-order chi connectivity index (χ1) is 18.2. The van der Waals surface area contributed by atoms with E-state index in [-0.39, 0.29) is 23.4 Å². The number of nitro benzene ring substituents is 1.